The van der Waals surface area contributed by atoms with Gasteiger partial charge in [0.1, 0.15) is 5.69 Å². The Morgan fingerprint density at radius 1 is 1.50 bits per heavy atom. The molecule has 1 heterocycles. The van der Waals surface area contributed by atoms with Crippen LogP contribution < -0.4 is 11.1 Å². The van der Waals surface area contributed by atoms with Crippen molar-refractivity contribution >= 4 is 17.3 Å². The van der Waals surface area contributed by atoms with Crippen LogP contribution >= 0.6 is 0 Å². The number of rotatable bonds is 3. The zero-order valence-corrected chi connectivity index (χ0v) is 9.76. The molecule has 0 bridgehead atoms. The Bertz CT molecular complexity index is 489. The van der Waals surface area contributed by atoms with Gasteiger partial charge in [-0.2, -0.15) is 0 Å². The molecule has 1 fully saturated rings. The molecule has 7 nitrogen and oxygen atoms in total. The molecule has 0 aromatic heterocycles. The van der Waals surface area contributed by atoms with Crippen molar-refractivity contribution in [2.45, 2.75) is 6.54 Å². The van der Waals surface area contributed by atoms with Crippen LogP contribution in [0.4, 0.5) is 11.4 Å². The van der Waals surface area contributed by atoms with Crippen LogP contribution in [0.15, 0.2) is 18.2 Å². The second-order valence-corrected chi connectivity index (χ2v) is 4.17. The van der Waals surface area contributed by atoms with Crippen LogP contribution in [0.25, 0.3) is 0 Å². The normalized spacial score (nSPS) is 16.3. The Morgan fingerprint density at radius 3 is 2.94 bits per heavy atom. The molecule has 7 heteroatoms. The first-order valence-electron chi connectivity index (χ1n) is 5.58. The monoisotopic (exact) mass is 250 g/mol. The topological polar surface area (TPSA) is 102 Å². The molecular formula is C11H14N4O3. The predicted molar refractivity (Wildman–Crippen MR) is 65.8 cm³/mol. The number of nitrogen functional groups attached to an aromatic ring is 1. The fraction of sp³-hybridized carbons (Fsp3) is 0.364. The van der Waals surface area contributed by atoms with Gasteiger partial charge in [-0.25, -0.2) is 0 Å². The van der Waals surface area contributed by atoms with Crippen LogP contribution in [0, 0.1) is 10.1 Å². The average molecular weight is 250 g/mol. The summed E-state index contributed by atoms with van der Waals surface area (Å²) in [6, 6.07) is 4.73. The van der Waals surface area contributed by atoms with Crippen molar-refractivity contribution in [1.82, 2.24) is 10.2 Å². The van der Waals surface area contributed by atoms with E-state index < -0.39 is 4.92 Å². The molecule has 0 saturated carbocycles. The zero-order chi connectivity index (χ0) is 13.1. The minimum atomic E-state index is -0.498. The van der Waals surface area contributed by atoms with E-state index in [1.807, 2.05) is 4.90 Å². The van der Waals surface area contributed by atoms with Gasteiger partial charge >= 0.3 is 0 Å². The van der Waals surface area contributed by atoms with E-state index in [0.717, 1.165) is 0 Å². The summed E-state index contributed by atoms with van der Waals surface area (Å²) in [5.74, 6) is -0.0368. The first kappa shape index (κ1) is 12.3. The van der Waals surface area contributed by atoms with Crippen molar-refractivity contribution in [1.29, 1.82) is 0 Å². The second-order valence-electron chi connectivity index (χ2n) is 4.17. The van der Waals surface area contributed by atoms with E-state index in [1.54, 1.807) is 12.1 Å². The minimum Gasteiger partial charge on any atom is -0.393 e. The standard InChI is InChI=1S/C11H14N4O3/c12-11-8(2-1-3-9(11)15(17)18)6-14-5-4-13-10(16)7-14/h1-3H,4-7,12H2,(H,13,16). The van der Waals surface area contributed by atoms with Crippen molar-refractivity contribution in [2.24, 2.45) is 0 Å². The molecule has 1 aromatic rings. The van der Waals surface area contributed by atoms with Gasteiger partial charge in [-0.3, -0.25) is 19.8 Å². The zero-order valence-electron chi connectivity index (χ0n) is 9.76. The van der Waals surface area contributed by atoms with Crippen LogP contribution in [0.1, 0.15) is 5.56 Å². The third-order valence-electron chi connectivity index (χ3n) is 2.88. The highest BCUT2D eigenvalue weighted by Crippen LogP contribution is 2.25. The highest BCUT2D eigenvalue weighted by atomic mass is 16.6. The average Bonchev–Trinajstić information content (AvgIpc) is 2.31. The highest BCUT2D eigenvalue weighted by Gasteiger charge is 2.19. The molecular weight excluding hydrogens is 236 g/mol. The Balaban J connectivity index is 2.16. The molecule has 96 valence electrons. The summed E-state index contributed by atoms with van der Waals surface area (Å²) in [6.07, 6.45) is 0. The van der Waals surface area contributed by atoms with E-state index in [-0.39, 0.29) is 17.3 Å². The molecule has 3 N–H and O–H groups in total. The molecule has 18 heavy (non-hydrogen) atoms. The number of carbonyl (C=O) groups is 1. The lowest BCUT2D eigenvalue weighted by molar-refractivity contribution is -0.384. The van der Waals surface area contributed by atoms with Crippen molar-refractivity contribution in [2.75, 3.05) is 25.4 Å². The fourth-order valence-electron chi connectivity index (χ4n) is 1.96. The second kappa shape index (κ2) is 5.01. The molecule has 1 aliphatic heterocycles. The number of nitro groups is 1. The molecule has 1 aromatic carbocycles. The molecule has 1 amide bonds. The molecule has 0 unspecified atom stereocenters. The largest absolute Gasteiger partial charge is 0.393 e. The smallest absolute Gasteiger partial charge is 0.292 e. The van der Waals surface area contributed by atoms with Gasteiger partial charge in [0.15, 0.2) is 0 Å². The quantitative estimate of drug-likeness (QED) is 0.450. The van der Waals surface area contributed by atoms with Crippen LogP contribution in [0.5, 0.6) is 0 Å². The molecule has 1 aliphatic rings. The van der Waals surface area contributed by atoms with E-state index in [4.69, 9.17) is 5.73 Å². The number of carbonyl (C=O) groups excluding carboxylic acids is 1. The maximum Gasteiger partial charge on any atom is 0.292 e. The predicted octanol–water partition coefficient (Wildman–Crippen LogP) is 0.109. The van der Waals surface area contributed by atoms with Crippen molar-refractivity contribution in [3.8, 4) is 0 Å². The SMILES string of the molecule is Nc1c(CN2CCNC(=O)C2)cccc1[N+](=O)[O-]. The van der Waals surface area contributed by atoms with E-state index in [9.17, 15) is 14.9 Å². The summed E-state index contributed by atoms with van der Waals surface area (Å²) in [4.78, 5) is 23.4. The number of hydrogen-bond acceptors (Lipinski definition) is 5. The van der Waals surface area contributed by atoms with Crippen LogP contribution in [0.3, 0.4) is 0 Å². The number of anilines is 1. The van der Waals surface area contributed by atoms with Gasteiger partial charge in [0.25, 0.3) is 5.69 Å². The Hall–Kier alpha value is -2.15. The number of para-hydroxylation sites is 1. The van der Waals surface area contributed by atoms with Gasteiger partial charge in [0.2, 0.25) is 5.91 Å². The maximum absolute atomic E-state index is 11.2. The third kappa shape index (κ3) is 2.57. The van der Waals surface area contributed by atoms with Crippen molar-refractivity contribution < 1.29 is 9.72 Å². The van der Waals surface area contributed by atoms with Crippen LogP contribution in [-0.4, -0.2) is 35.4 Å². The lowest BCUT2D eigenvalue weighted by Gasteiger charge is -2.26. The van der Waals surface area contributed by atoms with Gasteiger partial charge in [-0.1, -0.05) is 12.1 Å². The number of nitrogens with zero attached hydrogens (tertiary/aromatic N) is 2. The molecule has 0 spiro atoms. The van der Waals surface area contributed by atoms with E-state index in [1.165, 1.54) is 6.07 Å². The van der Waals surface area contributed by atoms with E-state index in [2.05, 4.69) is 5.32 Å². The van der Waals surface area contributed by atoms with Gasteiger partial charge in [0, 0.05) is 25.7 Å². The Kier molecular flexibility index (Phi) is 3.42. The fourth-order valence-corrected chi connectivity index (χ4v) is 1.96. The molecule has 2 rings (SSSR count). The van der Waals surface area contributed by atoms with Gasteiger partial charge < -0.3 is 11.1 Å². The molecule has 0 aliphatic carbocycles. The number of nitrogens with one attached hydrogen (secondary N) is 1. The summed E-state index contributed by atoms with van der Waals surface area (Å²) < 4.78 is 0. The lowest BCUT2D eigenvalue weighted by Crippen LogP contribution is -2.47. The number of amides is 1. The maximum atomic E-state index is 11.2. The Morgan fingerprint density at radius 2 is 2.28 bits per heavy atom. The first-order chi connectivity index (χ1) is 8.58. The van der Waals surface area contributed by atoms with Crippen LogP contribution in [-0.2, 0) is 11.3 Å². The lowest BCUT2D eigenvalue weighted by atomic mass is 10.1. The van der Waals surface area contributed by atoms with E-state index >= 15 is 0 Å². The highest BCUT2D eigenvalue weighted by molar-refractivity contribution is 5.78. The number of benzene rings is 1. The first-order valence-corrected chi connectivity index (χ1v) is 5.58. The number of nitro benzene ring substituents is 1. The number of hydrogen-bond donors (Lipinski definition) is 2. The van der Waals surface area contributed by atoms with Gasteiger partial charge in [0.05, 0.1) is 11.5 Å². The molecule has 1 saturated heterocycles. The third-order valence-corrected chi connectivity index (χ3v) is 2.88. The summed E-state index contributed by atoms with van der Waals surface area (Å²) in [6.45, 7) is 2.05. The van der Waals surface area contributed by atoms with Gasteiger partial charge in [-0.05, 0) is 5.56 Å². The molecule has 0 radical (unpaired) electrons. The summed E-state index contributed by atoms with van der Waals surface area (Å²) in [5.41, 5.74) is 6.53. The summed E-state index contributed by atoms with van der Waals surface area (Å²) in [5, 5.41) is 13.5. The number of nitrogens with two attached hydrogens (primary N) is 1. The van der Waals surface area contributed by atoms with E-state index in [0.29, 0.717) is 31.7 Å². The minimum absolute atomic E-state index is 0.0368. The van der Waals surface area contributed by atoms with Crippen molar-refractivity contribution in [3.63, 3.8) is 0 Å². The van der Waals surface area contributed by atoms with Gasteiger partial charge in [-0.15, -0.1) is 0 Å². The van der Waals surface area contributed by atoms with Crippen LogP contribution in [0.2, 0.25) is 0 Å². The Labute approximate surface area is 104 Å². The summed E-state index contributed by atoms with van der Waals surface area (Å²) >= 11 is 0. The summed E-state index contributed by atoms with van der Waals surface area (Å²) in [7, 11) is 0. The number of piperazine rings is 1. The molecule has 0 atom stereocenters. The van der Waals surface area contributed by atoms with Crippen molar-refractivity contribution in [3.05, 3.63) is 33.9 Å².